The quantitative estimate of drug-likeness (QED) is 0.347. The molecule has 0 amide bonds. The van der Waals surface area contributed by atoms with Gasteiger partial charge in [0.25, 0.3) is 0 Å². The van der Waals surface area contributed by atoms with Crippen molar-refractivity contribution < 1.29 is 13.6 Å². The maximum atomic E-state index is 6.25. The van der Waals surface area contributed by atoms with Crippen molar-refractivity contribution in [3.8, 4) is 0 Å². The maximum absolute atomic E-state index is 6.25. The van der Waals surface area contributed by atoms with Crippen LogP contribution in [-0.4, -0.2) is 19.5 Å². The molecule has 0 N–H and O–H groups in total. The highest BCUT2D eigenvalue weighted by molar-refractivity contribution is 8.07. The average molecular weight is 422 g/mol. The minimum absolute atomic E-state index is 0.368. The van der Waals surface area contributed by atoms with E-state index in [0.717, 1.165) is 0 Å². The van der Waals surface area contributed by atoms with Gasteiger partial charge in [-0.25, -0.2) is 0 Å². The van der Waals surface area contributed by atoms with Crippen LogP contribution in [0.15, 0.2) is 17.5 Å². The predicted molar refractivity (Wildman–Crippen MR) is 102 cm³/mol. The fourth-order valence-corrected chi connectivity index (χ4v) is 5.06. The smallest absolute Gasteiger partial charge is 0.380 e. The second kappa shape index (κ2) is 9.75. The molecule has 0 atom stereocenters. The van der Waals surface area contributed by atoms with Crippen LogP contribution in [0.3, 0.4) is 0 Å². The van der Waals surface area contributed by atoms with E-state index in [1.807, 2.05) is 20.1 Å². The number of hydrogen-bond donors (Lipinski definition) is 0. The molecule has 0 spiro atoms. The number of hydrogen-bond acceptors (Lipinski definition) is 5. The van der Waals surface area contributed by atoms with Gasteiger partial charge < -0.3 is 4.52 Å². The molecule has 1 rings (SSSR count). The van der Waals surface area contributed by atoms with Gasteiger partial charge in [0.15, 0.2) is 0 Å². The lowest BCUT2D eigenvalue weighted by Gasteiger charge is -2.23. The van der Waals surface area contributed by atoms with Crippen LogP contribution in [0.5, 0.6) is 0 Å². The van der Waals surface area contributed by atoms with Gasteiger partial charge in [0.2, 0.25) is 0 Å². The molecule has 0 aliphatic rings. The fourth-order valence-electron chi connectivity index (χ4n) is 1.54. The van der Waals surface area contributed by atoms with E-state index in [0.29, 0.717) is 39.6 Å². The first-order valence-electron chi connectivity index (χ1n) is 6.33. The molecule has 0 saturated heterocycles. The van der Waals surface area contributed by atoms with Gasteiger partial charge in [0.1, 0.15) is 5.76 Å². The molecule has 0 bridgehead atoms. The minimum atomic E-state index is -2.92. The van der Waals surface area contributed by atoms with E-state index in [-0.39, 0.29) is 0 Å². The third kappa shape index (κ3) is 5.88. The third-order valence-corrected chi connectivity index (χ3v) is 5.95. The molecule has 0 aliphatic carbocycles. The summed E-state index contributed by atoms with van der Waals surface area (Å²) in [6, 6.07) is 3.18. The van der Waals surface area contributed by atoms with E-state index >= 15 is 0 Å². The van der Waals surface area contributed by atoms with Crippen molar-refractivity contribution in [2.75, 3.05) is 19.5 Å². The summed E-state index contributed by atoms with van der Waals surface area (Å²) in [7, 11) is 0. The van der Waals surface area contributed by atoms with E-state index < -0.39 is 6.72 Å². The van der Waals surface area contributed by atoms with Crippen LogP contribution in [0.4, 0.5) is 0 Å². The minimum Gasteiger partial charge on any atom is -0.423 e. The SMILES string of the molecule is CCOP(=S)(OCC)O/C(=C\SC)c1c(Cl)cc(Cl)cc1Cl. The van der Waals surface area contributed by atoms with E-state index in [2.05, 4.69) is 0 Å². The Hall–Kier alpha value is 0.550. The van der Waals surface area contributed by atoms with Gasteiger partial charge >= 0.3 is 6.72 Å². The Morgan fingerprint density at radius 1 is 1.18 bits per heavy atom. The Labute approximate surface area is 155 Å². The van der Waals surface area contributed by atoms with Gasteiger partial charge in [-0.3, -0.25) is 9.05 Å². The first-order valence-corrected chi connectivity index (χ1v) is 11.3. The van der Waals surface area contributed by atoms with Crippen molar-refractivity contribution in [1.29, 1.82) is 0 Å². The lowest BCUT2D eigenvalue weighted by Crippen LogP contribution is -2.01. The topological polar surface area (TPSA) is 27.7 Å². The monoisotopic (exact) mass is 420 g/mol. The van der Waals surface area contributed by atoms with Gasteiger partial charge in [-0.2, -0.15) is 0 Å². The van der Waals surface area contributed by atoms with Crippen LogP contribution in [-0.2, 0) is 25.4 Å². The summed E-state index contributed by atoms with van der Waals surface area (Å²) >= 11 is 25.2. The molecule has 0 radical (unpaired) electrons. The van der Waals surface area contributed by atoms with Crippen molar-refractivity contribution in [2.24, 2.45) is 0 Å². The summed E-state index contributed by atoms with van der Waals surface area (Å²) < 4.78 is 16.8. The summed E-state index contributed by atoms with van der Waals surface area (Å²) in [5.74, 6) is 0.407. The molecule has 0 saturated carbocycles. The van der Waals surface area contributed by atoms with Crippen LogP contribution < -0.4 is 0 Å². The molecular formula is C13H16Cl3O3PS2. The van der Waals surface area contributed by atoms with E-state index in [4.69, 9.17) is 60.2 Å². The van der Waals surface area contributed by atoms with Crippen molar-refractivity contribution in [3.05, 3.63) is 38.2 Å². The molecular weight excluding hydrogens is 406 g/mol. The first kappa shape index (κ1) is 20.6. The standard InChI is InChI=1S/C13H16Cl3O3PS2/c1-4-17-20(21,18-5-2)19-12(8-22-3)13-10(15)6-9(14)7-11(13)16/h6-8H,4-5H2,1-3H3/b12-8-. The Morgan fingerprint density at radius 2 is 1.68 bits per heavy atom. The Balaban J connectivity index is 3.26. The number of rotatable bonds is 8. The zero-order valence-electron chi connectivity index (χ0n) is 12.3. The molecule has 0 unspecified atom stereocenters. The zero-order chi connectivity index (χ0) is 16.8. The van der Waals surface area contributed by atoms with E-state index in [9.17, 15) is 0 Å². The van der Waals surface area contributed by atoms with E-state index in [1.54, 1.807) is 17.5 Å². The van der Waals surface area contributed by atoms with Crippen LogP contribution in [0, 0.1) is 0 Å². The van der Waals surface area contributed by atoms with Crippen LogP contribution in [0.2, 0.25) is 15.1 Å². The summed E-state index contributed by atoms with van der Waals surface area (Å²) in [5, 5.41) is 2.93. The van der Waals surface area contributed by atoms with Gasteiger partial charge in [-0.15, -0.1) is 11.8 Å². The molecule has 3 nitrogen and oxygen atoms in total. The highest BCUT2D eigenvalue weighted by Gasteiger charge is 2.25. The Bertz CT molecular complexity index is 563. The van der Waals surface area contributed by atoms with E-state index in [1.165, 1.54) is 11.8 Å². The normalized spacial score (nSPS) is 12.5. The summed E-state index contributed by atoms with van der Waals surface area (Å²) in [4.78, 5) is 0. The van der Waals surface area contributed by atoms with Gasteiger partial charge in [-0.1, -0.05) is 34.8 Å². The van der Waals surface area contributed by atoms with Crippen molar-refractivity contribution in [2.45, 2.75) is 13.8 Å². The highest BCUT2D eigenvalue weighted by Crippen LogP contribution is 2.54. The Kier molecular flexibility index (Phi) is 9.13. The number of thioether (sulfide) groups is 1. The molecule has 0 fully saturated rings. The highest BCUT2D eigenvalue weighted by atomic mass is 35.5. The molecule has 22 heavy (non-hydrogen) atoms. The zero-order valence-corrected chi connectivity index (χ0v) is 17.1. The van der Waals surface area contributed by atoms with Crippen molar-refractivity contribution in [3.63, 3.8) is 0 Å². The van der Waals surface area contributed by atoms with Crippen LogP contribution in [0.1, 0.15) is 19.4 Å². The second-order valence-electron chi connectivity index (χ2n) is 3.84. The molecule has 124 valence electrons. The molecule has 1 aromatic rings. The lowest BCUT2D eigenvalue weighted by atomic mass is 10.2. The van der Waals surface area contributed by atoms with Crippen LogP contribution >= 0.6 is 53.3 Å². The Morgan fingerprint density at radius 3 is 2.09 bits per heavy atom. The molecule has 0 heterocycles. The lowest BCUT2D eigenvalue weighted by molar-refractivity contribution is 0.210. The average Bonchev–Trinajstić information content (AvgIpc) is 2.37. The fraction of sp³-hybridized carbons (Fsp3) is 0.385. The van der Waals surface area contributed by atoms with Crippen LogP contribution in [0.25, 0.3) is 5.76 Å². The maximum Gasteiger partial charge on any atom is 0.380 e. The van der Waals surface area contributed by atoms with Gasteiger partial charge in [0.05, 0.1) is 28.8 Å². The first-order chi connectivity index (χ1) is 10.4. The predicted octanol–water partition coefficient (Wildman–Crippen LogP) is 6.62. The largest absolute Gasteiger partial charge is 0.423 e. The molecule has 1 aromatic carbocycles. The third-order valence-electron chi connectivity index (χ3n) is 2.26. The summed E-state index contributed by atoms with van der Waals surface area (Å²) in [5.41, 5.74) is 0.510. The number of halogens is 3. The molecule has 0 aliphatic heterocycles. The summed E-state index contributed by atoms with van der Waals surface area (Å²) in [6.07, 6.45) is 1.88. The summed E-state index contributed by atoms with van der Waals surface area (Å²) in [6.45, 7) is 1.49. The molecule has 9 heteroatoms. The van der Waals surface area contributed by atoms with Crippen molar-refractivity contribution >= 4 is 70.8 Å². The molecule has 0 aromatic heterocycles. The van der Waals surface area contributed by atoms with Crippen molar-refractivity contribution in [1.82, 2.24) is 0 Å². The van der Waals surface area contributed by atoms with Gasteiger partial charge in [-0.05, 0) is 32.2 Å². The second-order valence-corrected chi connectivity index (χ2v) is 8.73. The number of benzene rings is 1. The van der Waals surface area contributed by atoms with Gasteiger partial charge in [0, 0.05) is 22.2 Å².